The number of benzene rings is 1. The summed E-state index contributed by atoms with van der Waals surface area (Å²) in [5, 5.41) is 12.8. The van der Waals surface area contributed by atoms with Gasteiger partial charge in [0.1, 0.15) is 0 Å². The lowest BCUT2D eigenvalue weighted by Gasteiger charge is -2.27. The van der Waals surface area contributed by atoms with E-state index in [1.807, 2.05) is 18.2 Å². The van der Waals surface area contributed by atoms with E-state index in [1.165, 1.54) is 11.3 Å². The molecule has 116 valence electrons. The molecule has 1 aromatic carbocycles. The molecule has 3 nitrogen and oxygen atoms in total. The van der Waals surface area contributed by atoms with Gasteiger partial charge in [-0.2, -0.15) is 0 Å². The van der Waals surface area contributed by atoms with Gasteiger partial charge in [0.2, 0.25) is 5.91 Å². The molecule has 4 heteroatoms. The van der Waals surface area contributed by atoms with Gasteiger partial charge in [-0.3, -0.25) is 4.79 Å². The summed E-state index contributed by atoms with van der Waals surface area (Å²) in [6, 6.07) is 10.3. The number of aliphatic hydroxyl groups is 1. The molecule has 2 N–H and O–H groups in total. The Bertz CT molecular complexity index is 424. The molecule has 1 saturated carbocycles. The van der Waals surface area contributed by atoms with Gasteiger partial charge in [-0.15, -0.1) is 11.8 Å². The van der Waals surface area contributed by atoms with Crippen LogP contribution >= 0.6 is 11.8 Å². The highest BCUT2D eigenvalue weighted by Crippen LogP contribution is 2.23. The smallest absolute Gasteiger partial charge is 0.220 e. The summed E-state index contributed by atoms with van der Waals surface area (Å²) in [7, 11) is 0. The predicted molar refractivity (Wildman–Crippen MR) is 87.4 cm³/mol. The van der Waals surface area contributed by atoms with Crippen LogP contribution in [-0.4, -0.2) is 29.4 Å². The predicted octanol–water partition coefficient (Wildman–Crippen LogP) is 3.23. The van der Waals surface area contributed by atoms with Crippen LogP contribution in [-0.2, 0) is 4.79 Å². The fourth-order valence-electron chi connectivity index (χ4n) is 2.70. The summed E-state index contributed by atoms with van der Waals surface area (Å²) in [5.41, 5.74) is 0. The highest BCUT2D eigenvalue weighted by molar-refractivity contribution is 7.99. The van der Waals surface area contributed by atoms with Gasteiger partial charge < -0.3 is 10.4 Å². The van der Waals surface area contributed by atoms with Crippen molar-refractivity contribution in [2.24, 2.45) is 5.92 Å². The molecule has 1 amide bonds. The van der Waals surface area contributed by atoms with E-state index in [1.54, 1.807) is 11.8 Å². The van der Waals surface area contributed by atoms with Crippen LogP contribution in [0.15, 0.2) is 35.2 Å². The van der Waals surface area contributed by atoms with Crippen LogP contribution < -0.4 is 5.32 Å². The molecule has 1 fully saturated rings. The highest BCUT2D eigenvalue weighted by atomic mass is 32.2. The van der Waals surface area contributed by atoms with Gasteiger partial charge in [0.05, 0.1) is 6.10 Å². The van der Waals surface area contributed by atoms with Crippen LogP contribution in [0.25, 0.3) is 0 Å². The topological polar surface area (TPSA) is 49.3 Å². The number of thioether (sulfide) groups is 1. The Hall–Kier alpha value is -1.00. The summed E-state index contributed by atoms with van der Waals surface area (Å²) < 4.78 is 0. The maximum absolute atomic E-state index is 11.8. The van der Waals surface area contributed by atoms with Crippen molar-refractivity contribution in [1.82, 2.24) is 5.32 Å². The minimum absolute atomic E-state index is 0.112. The van der Waals surface area contributed by atoms with E-state index >= 15 is 0 Å². The van der Waals surface area contributed by atoms with Gasteiger partial charge in [0.25, 0.3) is 0 Å². The maximum atomic E-state index is 11.8. The highest BCUT2D eigenvalue weighted by Gasteiger charge is 2.23. The number of amides is 1. The Morgan fingerprint density at radius 3 is 2.76 bits per heavy atom. The van der Waals surface area contributed by atoms with E-state index in [9.17, 15) is 9.90 Å². The Balaban J connectivity index is 1.55. The lowest BCUT2D eigenvalue weighted by Crippen LogP contribution is -2.36. The van der Waals surface area contributed by atoms with Crippen LogP contribution in [0.4, 0.5) is 0 Å². The first-order chi connectivity index (χ1) is 10.3. The fourth-order valence-corrected chi connectivity index (χ4v) is 3.57. The van der Waals surface area contributed by atoms with Gasteiger partial charge in [-0.1, -0.05) is 31.0 Å². The third-order valence-corrected chi connectivity index (χ3v) is 5.09. The Morgan fingerprint density at radius 1 is 1.24 bits per heavy atom. The quantitative estimate of drug-likeness (QED) is 0.600. The number of carbonyl (C=O) groups is 1. The molecular weight excluding hydrogens is 282 g/mol. The standard InChI is InChI=1S/C17H25NO2S/c19-16-10-5-4-7-14(16)13-18-17(20)11-6-12-21-15-8-2-1-3-9-15/h1-3,8-9,14,16,19H,4-7,10-13H2,(H,18,20). The van der Waals surface area contributed by atoms with Crippen LogP contribution in [0.1, 0.15) is 38.5 Å². The van der Waals surface area contributed by atoms with Crippen molar-refractivity contribution >= 4 is 17.7 Å². The summed E-state index contributed by atoms with van der Waals surface area (Å²) in [4.78, 5) is 13.1. The zero-order chi connectivity index (χ0) is 14.9. The minimum Gasteiger partial charge on any atom is -0.393 e. The monoisotopic (exact) mass is 307 g/mol. The van der Waals surface area contributed by atoms with Crippen molar-refractivity contribution in [1.29, 1.82) is 0 Å². The molecule has 1 aromatic rings. The molecule has 2 unspecified atom stereocenters. The molecule has 0 bridgehead atoms. The number of hydrogen-bond acceptors (Lipinski definition) is 3. The molecule has 2 rings (SSSR count). The maximum Gasteiger partial charge on any atom is 0.220 e. The van der Waals surface area contributed by atoms with Crippen LogP contribution in [0.3, 0.4) is 0 Å². The lowest BCUT2D eigenvalue weighted by atomic mass is 9.86. The Labute approximate surface area is 131 Å². The first-order valence-electron chi connectivity index (χ1n) is 7.88. The van der Waals surface area contributed by atoms with Crippen molar-refractivity contribution in [3.63, 3.8) is 0 Å². The van der Waals surface area contributed by atoms with Crippen molar-refractivity contribution < 1.29 is 9.90 Å². The number of hydrogen-bond donors (Lipinski definition) is 2. The number of aliphatic hydroxyl groups excluding tert-OH is 1. The van der Waals surface area contributed by atoms with E-state index in [0.717, 1.165) is 31.4 Å². The fraction of sp³-hybridized carbons (Fsp3) is 0.588. The van der Waals surface area contributed by atoms with E-state index in [4.69, 9.17) is 0 Å². The molecule has 0 spiro atoms. The normalized spacial score (nSPS) is 22.0. The number of nitrogens with one attached hydrogen (secondary N) is 1. The van der Waals surface area contributed by atoms with Crippen molar-refractivity contribution in [3.05, 3.63) is 30.3 Å². The van der Waals surface area contributed by atoms with Gasteiger partial charge >= 0.3 is 0 Å². The molecular formula is C17H25NO2S. The van der Waals surface area contributed by atoms with E-state index in [-0.39, 0.29) is 17.9 Å². The number of carbonyl (C=O) groups excluding carboxylic acids is 1. The van der Waals surface area contributed by atoms with Crippen LogP contribution in [0.5, 0.6) is 0 Å². The summed E-state index contributed by atoms with van der Waals surface area (Å²) in [6.45, 7) is 0.631. The van der Waals surface area contributed by atoms with E-state index in [0.29, 0.717) is 13.0 Å². The molecule has 0 saturated heterocycles. The summed E-state index contributed by atoms with van der Waals surface area (Å²) in [5.74, 6) is 1.33. The molecule has 0 aliphatic heterocycles. The second-order valence-electron chi connectivity index (χ2n) is 5.68. The van der Waals surface area contributed by atoms with E-state index < -0.39 is 0 Å². The average Bonchev–Trinajstić information content (AvgIpc) is 2.52. The van der Waals surface area contributed by atoms with Gasteiger partial charge in [-0.25, -0.2) is 0 Å². The molecule has 0 radical (unpaired) electrons. The molecule has 0 heterocycles. The van der Waals surface area contributed by atoms with Crippen LogP contribution in [0.2, 0.25) is 0 Å². The first-order valence-corrected chi connectivity index (χ1v) is 8.87. The third kappa shape index (κ3) is 6.10. The molecule has 21 heavy (non-hydrogen) atoms. The second-order valence-corrected chi connectivity index (χ2v) is 6.85. The SMILES string of the molecule is O=C(CCCSc1ccccc1)NCC1CCCCC1O. The zero-order valence-corrected chi connectivity index (χ0v) is 13.3. The number of rotatable bonds is 7. The zero-order valence-electron chi connectivity index (χ0n) is 12.5. The molecule has 0 aromatic heterocycles. The van der Waals surface area contributed by atoms with Crippen molar-refractivity contribution in [3.8, 4) is 0 Å². The van der Waals surface area contributed by atoms with Gasteiger partial charge in [0, 0.05) is 23.8 Å². The summed E-state index contributed by atoms with van der Waals surface area (Å²) in [6.07, 6.45) is 5.43. The largest absolute Gasteiger partial charge is 0.393 e. The van der Waals surface area contributed by atoms with Gasteiger partial charge in [-0.05, 0) is 37.1 Å². The third-order valence-electron chi connectivity index (χ3n) is 3.99. The van der Waals surface area contributed by atoms with Crippen molar-refractivity contribution in [2.45, 2.75) is 49.5 Å². The van der Waals surface area contributed by atoms with E-state index in [2.05, 4.69) is 17.4 Å². The molecule has 1 aliphatic rings. The second kappa shape index (κ2) is 9.11. The molecule has 1 aliphatic carbocycles. The van der Waals surface area contributed by atoms with Crippen LogP contribution in [0, 0.1) is 5.92 Å². The molecule has 2 atom stereocenters. The summed E-state index contributed by atoms with van der Waals surface area (Å²) >= 11 is 1.79. The van der Waals surface area contributed by atoms with Crippen molar-refractivity contribution in [2.75, 3.05) is 12.3 Å². The first kappa shape index (κ1) is 16.4. The lowest BCUT2D eigenvalue weighted by molar-refractivity contribution is -0.121. The average molecular weight is 307 g/mol. The Morgan fingerprint density at radius 2 is 2.00 bits per heavy atom. The van der Waals surface area contributed by atoms with Gasteiger partial charge in [0.15, 0.2) is 0 Å². The Kier molecular flexibility index (Phi) is 7.10. The minimum atomic E-state index is -0.229.